The molecule has 4 rings (SSSR count). The Morgan fingerprint density at radius 3 is 2.31 bits per heavy atom. The molecule has 0 bridgehead atoms. The fraction of sp³-hybridized carbons (Fsp3) is 0.562. The van der Waals surface area contributed by atoms with E-state index in [1.165, 1.54) is 0 Å². The zero-order valence-electron chi connectivity index (χ0n) is 23.6. The highest BCUT2D eigenvalue weighted by Crippen LogP contribution is 2.37. The molecule has 7 heteroatoms. The molecule has 0 spiro atoms. The van der Waals surface area contributed by atoms with Crippen molar-refractivity contribution in [2.45, 2.75) is 83.4 Å². The minimum Gasteiger partial charge on any atom is -0.497 e. The van der Waals surface area contributed by atoms with Crippen LogP contribution in [0, 0.1) is 5.92 Å². The van der Waals surface area contributed by atoms with Gasteiger partial charge in [-0.3, -0.25) is 14.5 Å². The van der Waals surface area contributed by atoms with Crippen molar-refractivity contribution in [1.82, 2.24) is 4.90 Å². The predicted molar refractivity (Wildman–Crippen MR) is 151 cm³/mol. The van der Waals surface area contributed by atoms with Crippen molar-refractivity contribution >= 4 is 11.6 Å². The highest BCUT2D eigenvalue weighted by molar-refractivity contribution is 5.96. The maximum atomic E-state index is 13.1. The molecule has 7 nitrogen and oxygen atoms in total. The fourth-order valence-electron chi connectivity index (χ4n) is 5.77. The number of benzene rings is 2. The van der Waals surface area contributed by atoms with Crippen LogP contribution in [0.15, 0.2) is 42.5 Å². The topological polar surface area (TPSA) is 85.3 Å². The van der Waals surface area contributed by atoms with Gasteiger partial charge in [-0.2, -0.15) is 0 Å². The number of carbonyl (C=O) groups excluding carboxylic acids is 2. The summed E-state index contributed by atoms with van der Waals surface area (Å²) < 4.78 is 16.5. The number of unbranched alkanes of at least 4 members (excludes halogenated alkanes) is 2. The Hall–Kier alpha value is -2.90. The average Bonchev–Trinajstić information content (AvgIpc) is 3.28. The van der Waals surface area contributed by atoms with Gasteiger partial charge in [-0.05, 0) is 81.5 Å². The molecule has 1 N–H and O–H groups in total. The van der Waals surface area contributed by atoms with E-state index in [2.05, 4.69) is 18.7 Å². The van der Waals surface area contributed by atoms with Crippen LogP contribution in [-0.2, 0) is 4.79 Å². The number of nitrogens with zero attached hydrogens (tertiary/aromatic N) is 1. The number of Topliss-reactive ketones (excluding diaryl/α,β-unsaturated/α-hetero) is 2. The van der Waals surface area contributed by atoms with Gasteiger partial charge in [-0.1, -0.05) is 12.5 Å². The molecule has 0 saturated carbocycles. The Morgan fingerprint density at radius 1 is 0.949 bits per heavy atom. The maximum Gasteiger partial charge on any atom is 0.162 e. The van der Waals surface area contributed by atoms with E-state index in [0.717, 1.165) is 43.4 Å². The van der Waals surface area contributed by atoms with Gasteiger partial charge in [-0.15, -0.1) is 0 Å². The second-order valence-electron chi connectivity index (χ2n) is 11.0. The minimum absolute atomic E-state index is 0.112. The van der Waals surface area contributed by atoms with Crippen molar-refractivity contribution in [3.05, 3.63) is 53.6 Å². The van der Waals surface area contributed by atoms with Gasteiger partial charge in [0.1, 0.15) is 24.7 Å². The lowest BCUT2D eigenvalue weighted by atomic mass is 9.88. The van der Waals surface area contributed by atoms with E-state index < -0.39 is 6.10 Å². The highest BCUT2D eigenvalue weighted by Gasteiger charge is 2.33. The summed E-state index contributed by atoms with van der Waals surface area (Å²) in [4.78, 5) is 28.0. The first-order valence-electron chi connectivity index (χ1n) is 14.4. The summed E-state index contributed by atoms with van der Waals surface area (Å²) in [6.45, 7) is 6.15. The van der Waals surface area contributed by atoms with Crippen molar-refractivity contribution in [1.29, 1.82) is 0 Å². The zero-order chi connectivity index (χ0) is 27.8. The number of ketones is 2. The van der Waals surface area contributed by atoms with Gasteiger partial charge in [0.2, 0.25) is 0 Å². The summed E-state index contributed by atoms with van der Waals surface area (Å²) in [7, 11) is 1.60. The summed E-state index contributed by atoms with van der Waals surface area (Å²) in [5.41, 5.74) is 1.45. The molecular formula is C32H43NO6. The van der Waals surface area contributed by atoms with Crippen LogP contribution in [0.4, 0.5) is 0 Å². The Balaban J connectivity index is 1.30. The number of likely N-dealkylation sites (tertiary alicyclic amines) is 1. The Bertz CT molecular complexity index is 1090. The molecule has 2 aliphatic heterocycles. The summed E-state index contributed by atoms with van der Waals surface area (Å²) in [6, 6.07) is 13.6. The molecule has 0 amide bonds. The SMILES string of the molecule is COc1ccc(C(=O)CCCCCC(=O)C[C@H](CN2[C@H](C)CC[C@H]2C)[C@H](O)c2ccc3c(c2)OCCO3)cc1. The molecular weight excluding hydrogens is 494 g/mol. The van der Waals surface area contributed by atoms with Gasteiger partial charge in [0.25, 0.3) is 0 Å². The standard InChI is InChI=1S/C32H43NO6/c1-22-9-10-23(2)33(22)21-26(32(36)25-13-16-30-31(20-25)39-18-17-38-30)19-27(34)7-5-4-6-8-29(35)24-11-14-28(37-3)15-12-24/h11-16,20,22-23,26,32,36H,4-10,17-19,21H2,1-3H3/t22-,23-,26-,32-/m1/s1. The molecule has 0 unspecified atom stereocenters. The summed E-state index contributed by atoms with van der Waals surface area (Å²) >= 11 is 0. The number of hydrogen-bond acceptors (Lipinski definition) is 7. The number of methoxy groups -OCH3 is 1. The van der Waals surface area contributed by atoms with Crippen LogP contribution in [0.2, 0.25) is 0 Å². The first-order chi connectivity index (χ1) is 18.9. The number of carbonyl (C=O) groups is 2. The Labute approximate surface area is 232 Å². The average molecular weight is 538 g/mol. The summed E-state index contributed by atoms with van der Waals surface area (Å²) in [5, 5.41) is 11.5. The van der Waals surface area contributed by atoms with Gasteiger partial charge in [0.15, 0.2) is 17.3 Å². The van der Waals surface area contributed by atoms with E-state index in [1.54, 1.807) is 31.4 Å². The van der Waals surface area contributed by atoms with Crippen molar-refractivity contribution < 1.29 is 28.9 Å². The van der Waals surface area contributed by atoms with Crippen molar-refractivity contribution in [2.24, 2.45) is 5.92 Å². The Kier molecular flexibility index (Phi) is 10.4. The van der Waals surface area contributed by atoms with Gasteiger partial charge >= 0.3 is 0 Å². The quantitative estimate of drug-likeness (QED) is 0.241. The molecule has 2 aromatic rings. The third-order valence-corrected chi connectivity index (χ3v) is 8.20. The summed E-state index contributed by atoms with van der Waals surface area (Å²) in [5.74, 6) is 2.14. The Morgan fingerprint density at radius 2 is 1.62 bits per heavy atom. The smallest absolute Gasteiger partial charge is 0.162 e. The molecule has 4 atom stereocenters. The molecule has 0 radical (unpaired) electrons. The van der Waals surface area contributed by atoms with Crippen molar-refractivity contribution in [3.63, 3.8) is 0 Å². The van der Waals surface area contributed by atoms with Crippen LogP contribution in [0.1, 0.15) is 87.2 Å². The van der Waals surface area contributed by atoms with Crippen LogP contribution in [0.25, 0.3) is 0 Å². The third kappa shape index (κ3) is 7.83. The van der Waals surface area contributed by atoms with Crippen LogP contribution < -0.4 is 14.2 Å². The molecule has 0 aromatic heterocycles. The first-order valence-corrected chi connectivity index (χ1v) is 14.4. The van der Waals surface area contributed by atoms with Gasteiger partial charge in [0, 0.05) is 49.4 Å². The molecule has 2 aliphatic rings. The monoisotopic (exact) mass is 537 g/mol. The van der Waals surface area contributed by atoms with Gasteiger partial charge < -0.3 is 19.3 Å². The van der Waals surface area contributed by atoms with Crippen LogP contribution in [-0.4, -0.2) is 60.5 Å². The van der Waals surface area contributed by atoms with Gasteiger partial charge in [-0.25, -0.2) is 0 Å². The molecule has 2 aromatic carbocycles. The lowest BCUT2D eigenvalue weighted by molar-refractivity contribution is -0.121. The fourth-order valence-corrected chi connectivity index (χ4v) is 5.77. The zero-order valence-corrected chi connectivity index (χ0v) is 23.6. The first kappa shape index (κ1) is 29.1. The van der Waals surface area contributed by atoms with E-state index >= 15 is 0 Å². The number of rotatable bonds is 14. The highest BCUT2D eigenvalue weighted by atomic mass is 16.6. The number of fused-ring (bicyclic) bond motifs is 1. The largest absolute Gasteiger partial charge is 0.497 e. The molecule has 39 heavy (non-hydrogen) atoms. The third-order valence-electron chi connectivity index (χ3n) is 8.20. The number of aliphatic hydroxyl groups excluding tert-OH is 1. The van der Waals surface area contributed by atoms with E-state index in [0.29, 0.717) is 68.2 Å². The van der Waals surface area contributed by atoms with Gasteiger partial charge in [0.05, 0.1) is 13.2 Å². The molecule has 212 valence electrons. The van der Waals surface area contributed by atoms with E-state index in [4.69, 9.17) is 14.2 Å². The van der Waals surface area contributed by atoms with Crippen LogP contribution >= 0.6 is 0 Å². The lowest BCUT2D eigenvalue weighted by Gasteiger charge is -2.33. The van der Waals surface area contributed by atoms with E-state index in [1.807, 2.05) is 18.2 Å². The van der Waals surface area contributed by atoms with Crippen molar-refractivity contribution in [2.75, 3.05) is 26.9 Å². The second kappa shape index (κ2) is 13.9. The molecule has 2 heterocycles. The number of hydrogen-bond donors (Lipinski definition) is 1. The predicted octanol–water partition coefficient (Wildman–Crippen LogP) is 5.78. The molecule has 1 saturated heterocycles. The maximum absolute atomic E-state index is 13.1. The summed E-state index contributed by atoms with van der Waals surface area (Å²) in [6.07, 6.45) is 5.09. The van der Waals surface area contributed by atoms with E-state index in [9.17, 15) is 14.7 Å². The number of aliphatic hydroxyl groups is 1. The second-order valence-corrected chi connectivity index (χ2v) is 11.0. The van der Waals surface area contributed by atoms with Crippen LogP contribution in [0.5, 0.6) is 17.2 Å². The van der Waals surface area contributed by atoms with Crippen molar-refractivity contribution in [3.8, 4) is 17.2 Å². The molecule has 0 aliphatic carbocycles. The number of ether oxygens (including phenoxy) is 3. The van der Waals surface area contributed by atoms with E-state index in [-0.39, 0.29) is 17.5 Å². The molecule has 1 fully saturated rings. The minimum atomic E-state index is -0.771. The van der Waals surface area contributed by atoms with Crippen LogP contribution in [0.3, 0.4) is 0 Å². The lowest BCUT2D eigenvalue weighted by Crippen LogP contribution is -2.39. The normalized spacial score (nSPS) is 20.4.